The average Bonchev–Trinajstić information content (AvgIpc) is 3.11. The molecule has 0 bridgehead atoms. The summed E-state index contributed by atoms with van der Waals surface area (Å²) in [6.07, 6.45) is 1.59. The highest BCUT2D eigenvalue weighted by Crippen LogP contribution is 2.26. The van der Waals surface area contributed by atoms with E-state index in [1.165, 1.54) is 11.8 Å². The maximum atomic E-state index is 12.3. The van der Waals surface area contributed by atoms with Crippen molar-refractivity contribution in [3.05, 3.63) is 69.4 Å². The standard InChI is InChI=1S/C18H15Cl3N4OS/c1-11(12-5-6-15(20)16(21)7-12)23-17(26)9-27-18-24-22-10-25(18)14-4-2-3-13(19)8-14/h2-8,10-11H,9H2,1H3,(H,23,26). The zero-order valence-corrected chi connectivity index (χ0v) is 17.3. The minimum Gasteiger partial charge on any atom is -0.349 e. The molecule has 0 saturated heterocycles. The van der Waals surface area contributed by atoms with Crippen LogP contribution in [0.2, 0.25) is 15.1 Å². The molecular formula is C18H15Cl3N4OS. The largest absolute Gasteiger partial charge is 0.349 e. The van der Waals surface area contributed by atoms with Crippen LogP contribution in [0, 0.1) is 0 Å². The second-order valence-electron chi connectivity index (χ2n) is 5.71. The number of hydrogen-bond acceptors (Lipinski definition) is 4. The summed E-state index contributed by atoms with van der Waals surface area (Å²) in [4.78, 5) is 12.3. The van der Waals surface area contributed by atoms with E-state index >= 15 is 0 Å². The Bertz CT molecular complexity index is 963. The molecule has 1 aromatic heterocycles. The van der Waals surface area contributed by atoms with Crippen molar-refractivity contribution in [2.24, 2.45) is 0 Å². The number of thioether (sulfide) groups is 1. The molecule has 5 nitrogen and oxygen atoms in total. The number of amides is 1. The first-order valence-electron chi connectivity index (χ1n) is 7.97. The summed E-state index contributed by atoms with van der Waals surface area (Å²) in [5.74, 6) is 0.0736. The van der Waals surface area contributed by atoms with Gasteiger partial charge in [-0.25, -0.2) is 0 Å². The van der Waals surface area contributed by atoms with Crippen LogP contribution in [0.1, 0.15) is 18.5 Å². The topological polar surface area (TPSA) is 59.8 Å². The summed E-state index contributed by atoms with van der Waals surface area (Å²) in [7, 11) is 0. The lowest BCUT2D eigenvalue weighted by Gasteiger charge is -2.15. The van der Waals surface area contributed by atoms with Crippen molar-refractivity contribution in [1.29, 1.82) is 0 Å². The van der Waals surface area contributed by atoms with Crippen LogP contribution in [0.15, 0.2) is 53.9 Å². The fourth-order valence-corrected chi connectivity index (χ4v) is 3.64. The van der Waals surface area contributed by atoms with E-state index in [9.17, 15) is 4.79 Å². The third-order valence-electron chi connectivity index (χ3n) is 3.76. The van der Waals surface area contributed by atoms with Gasteiger partial charge in [0.05, 0.1) is 27.5 Å². The smallest absolute Gasteiger partial charge is 0.230 e. The summed E-state index contributed by atoms with van der Waals surface area (Å²) >= 11 is 19.3. The van der Waals surface area contributed by atoms with Gasteiger partial charge in [-0.15, -0.1) is 10.2 Å². The molecule has 0 saturated carbocycles. The molecule has 27 heavy (non-hydrogen) atoms. The molecule has 2 aromatic carbocycles. The quantitative estimate of drug-likeness (QED) is 0.534. The maximum absolute atomic E-state index is 12.3. The van der Waals surface area contributed by atoms with E-state index < -0.39 is 0 Å². The molecule has 0 fully saturated rings. The van der Waals surface area contributed by atoms with Crippen LogP contribution in [0.3, 0.4) is 0 Å². The SMILES string of the molecule is CC(NC(=O)CSc1nncn1-c1cccc(Cl)c1)c1ccc(Cl)c(Cl)c1. The van der Waals surface area contributed by atoms with Gasteiger partial charge in [-0.3, -0.25) is 9.36 Å². The van der Waals surface area contributed by atoms with Crippen molar-refractivity contribution < 1.29 is 4.79 Å². The Morgan fingerprint density at radius 3 is 2.74 bits per heavy atom. The molecule has 3 rings (SSSR count). The van der Waals surface area contributed by atoms with Crippen LogP contribution in [-0.4, -0.2) is 26.4 Å². The minimum absolute atomic E-state index is 0.126. The summed E-state index contributed by atoms with van der Waals surface area (Å²) in [5, 5.41) is 13.1. The number of benzene rings is 2. The monoisotopic (exact) mass is 440 g/mol. The Kier molecular flexibility index (Phi) is 6.65. The number of aromatic nitrogens is 3. The molecule has 0 aliphatic heterocycles. The highest BCUT2D eigenvalue weighted by Gasteiger charge is 2.14. The number of nitrogens with zero attached hydrogens (tertiary/aromatic N) is 3. The first-order chi connectivity index (χ1) is 12.9. The van der Waals surface area contributed by atoms with Gasteiger partial charge < -0.3 is 5.32 Å². The highest BCUT2D eigenvalue weighted by molar-refractivity contribution is 7.99. The normalized spacial score (nSPS) is 12.0. The van der Waals surface area contributed by atoms with Crippen molar-refractivity contribution in [3.63, 3.8) is 0 Å². The number of carbonyl (C=O) groups excluding carboxylic acids is 1. The molecule has 1 unspecified atom stereocenters. The molecular weight excluding hydrogens is 427 g/mol. The lowest BCUT2D eigenvalue weighted by molar-refractivity contribution is -0.119. The molecule has 140 valence electrons. The minimum atomic E-state index is -0.196. The van der Waals surface area contributed by atoms with E-state index in [2.05, 4.69) is 15.5 Å². The molecule has 9 heteroatoms. The predicted molar refractivity (Wildman–Crippen MR) is 110 cm³/mol. The van der Waals surface area contributed by atoms with E-state index in [1.54, 1.807) is 35.2 Å². The van der Waals surface area contributed by atoms with Crippen LogP contribution in [0.4, 0.5) is 0 Å². The van der Waals surface area contributed by atoms with Crippen molar-refractivity contribution >= 4 is 52.5 Å². The predicted octanol–water partition coefficient (Wildman–Crippen LogP) is 5.20. The Morgan fingerprint density at radius 1 is 1.19 bits per heavy atom. The Morgan fingerprint density at radius 2 is 2.00 bits per heavy atom. The Hall–Kier alpha value is -1.73. The molecule has 1 amide bonds. The first-order valence-corrected chi connectivity index (χ1v) is 10.1. The Balaban J connectivity index is 1.61. The second kappa shape index (κ2) is 8.97. The van der Waals surface area contributed by atoms with E-state index in [0.29, 0.717) is 20.2 Å². The van der Waals surface area contributed by atoms with Crippen LogP contribution in [0.5, 0.6) is 0 Å². The molecule has 1 heterocycles. The van der Waals surface area contributed by atoms with Gasteiger partial charge in [0.1, 0.15) is 6.33 Å². The van der Waals surface area contributed by atoms with Gasteiger partial charge in [0.25, 0.3) is 0 Å². The van der Waals surface area contributed by atoms with Gasteiger partial charge in [-0.2, -0.15) is 0 Å². The third-order valence-corrected chi connectivity index (χ3v) is 5.67. The average molecular weight is 442 g/mol. The van der Waals surface area contributed by atoms with Gasteiger partial charge in [0.15, 0.2) is 5.16 Å². The van der Waals surface area contributed by atoms with Crippen molar-refractivity contribution in [2.45, 2.75) is 18.1 Å². The highest BCUT2D eigenvalue weighted by atomic mass is 35.5. The van der Waals surface area contributed by atoms with Gasteiger partial charge >= 0.3 is 0 Å². The van der Waals surface area contributed by atoms with Crippen molar-refractivity contribution in [1.82, 2.24) is 20.1 Å². The fraction of sp³-hybridized carbons (Fsp3) is 0.167. The number of carbonyl (C=O) groups is 1. The molecule has 0 spiro atoms. The summed E-state index contributed by atoms with van der Waals surface area (Å²) in [6, 6.07) is 12.4. The van der Waals surface area contributed by atoms with E-state index in [-0.39, 0.29) is 17.7 Å². The van der Waals surface area contributed by atoms with Crippen LogP contribution >= 0.6 is 46.6 Å². The summed E-state index contributed by atoms with van der Waals surface area (Å²) in [5.41, 5.74) is 1.71. The molecule has 0 radical (unpaired) electrons. The van der Waals surface area contributed by atoms with Crippen molar-refractivity contribution in [2.75, 3.05) is 5.75 Å². The lowest BCUT2D eigenvalue weighted by atomic mass is 10.1. The van der Waals surface area contributed by atoms with E-state index in [4.69, 9.17) is 34.8 Å². The maximum Gasteiger partial charge on any atom is 0.230 e. The van der Waals surface area contributed by atoms with Crippen molar-refractivity contribution in [3.8, 4) is 5.69 Å². The van der Waals surface area contributed by atoms with Gasteiger partial charge in [0.2, 0.25) is 5.91 Å². The molecule has 3 aromatic rings. The zero-order valence-electron chi connectivity index (χ0n) is 14.2. The van der Waals surface area contributed by atoms with Crippen LogP contribution in [-0.2, 0) is 4.79 Å². The van der Waals surface area contributed by atoms with E-state index in [1.807, 2.05) is 25.1 Å². The van der Waals surface area contributed by atoms with Gasteiger partial charge in [0, 0.05) is 5.02 Å². The number of halogens is 3. The second-order valence-corrected chi connectivity index (χ2v) is 7.91. The number of hydrogen-bond donors (Lipinski definition) is 1. The molecule has 0 aliphatic carbocycles. The van der Waals surface area contributed by atoms with Gasteiger partial charge in [-0.1, -0.05) is 58.7 Å². The summed E-state index contributed by atoms with van der Waals surface area (Å²) < 4.78 is 1.78. The Labute approximate surface area is 176 Å². The van der Waals surface area contributed by atoms with Crippen LogP contribution < -0.4 is 5.32 Å². The molecule has 1 N–H and O–H groups in total. The van der Waals surface area contributed by atoms with E-state index in [0.717, 1.165) is 11.3 Å². The lowest BCUT2D eigenvalue weighted by Crippen LogP contribution is -2.28. The fourth-order valence-electron chi connectivity index (χ4n) is 2.40. The molecule has 0 aliphatic rings. The number of nitrogens with one attached hydrogen (secondary N) is 1. The zero-order chi connectivity index (χ0) is 19.4. The molecule has 1 atom stereocenters. The van der Waals surface area contributed by atoms with Crippen LogP contribution in [0.25, 0.3) is 5.69 Å². The van der Waals surface area contributed by atoms with Gasteiger partial charge in [-0.05, 0) is 42.8 Å². The third kappa shape index (κ3) is 5.17. The summed E-state index contributed by atoms with van der Waals surface area (Å²) in [6.45, 7) is 1.89. The first kappa shape index (κ1) is 20.0. The number of rotatable bonds is 6.